The van der Waals surface area contributed by atoms with Crippen LogP contribution in [0.25, 0.3) is 0 Å². The predicted octanol–water partition coefficient (Wildman–Crippen LogP) is 3.20. The molecule has 1 aromatic rings. The zero-order chi connectivity index (χ0) is 11.3. The molecule has 0 bridgehead atoms. The molecule has 1 aliphatic rings. The standard InChI is InChI=1S/C10H14N2.C3H8/c1-7-2-3-9-8(6-7)4-5-12-10(9)11;1-3-2/h4-5,7H,2-3,6H2,1H3,(H2,11,12);3H2,1-2H3/t7-;/m0./s1. The Morgan fingerprint density at radius 3 is 2.80 bits per heavy atom. The van der Waals surface area contributed by atoms with E-state index < -0.39 is 0 Å². The lowest BCUT2D eigenvalue weighted by atomic mass is 9.86. The molecular formula is C13H22N2. The Bertz CT molecular complexity index is 307. The monoisotopic (exact) mass is 206 g/mol. The second kappa shape index (κ2) is 5.74. The molecule has 0 unspecified atom stereocenters. The van der Waals surface area contributed by atoms with Crippen LogP contribution in [0.1, 0.15) is 44.7 Å². The van der Waals surface area contributed by atoms with E-state index in [1.54, 1.807) is 0 Å². The van der Waals surface area contributed by atoms with Crippen LogP contribution in [0, 0.1) is 5.92 Å². The van der Waals surface area contributed by atoms with Crippen molar-refractivity contribution in [1.29, 1.82) is 0 Å². The summed E-state index contributed by atoms with van der Waals surface area (Å²) in [5, 5.41) is 0. The Kier molecular flexibility index (Phi) is 4.60. The molecule has 2 N–H and O–H groups in total. The van der Waals surface area contributed by atoms with Crippen LogP contribution < -0.4 is 5.73 Å². The average molecular weight is 206 g/mol. The number of rotatable bonds is 0. The van der Waals surface area contributed by atoms with Gasteiger partial charge in [-0.2, -0.15) is 0 Å². The summed E-state index contributed by atoms with van der Waals surface area (Å²) in [6, 6.07) is 2.10. The Morgan fingerprint density at radius 2 is 2.13 bits per heavy atom. The molecular weight excluding hydrogens is 184 g/mol. The van der Waals surface area contributed by atoms with Gasteiger partial charge in [0.05, 0.1) is 0 Å². The summed E-state index contributed by atoms with van der Waals surface area (Å²) >= 11 is 0. The number of nitrogen functional groups attached to an aromatic ring is 1. The molecule has 0 aromatic carbocycles. The van der Waals surface area contributed by atoms with Gasteiger partial charge in [0.25, 0.3) is 0 Å². The topological polar surface area (TPSA) is 38.9 Å². The lowest BCUT2D eigenvalue weighted by Gasteiger charge is -2.21. The van der Waals surface area contributed by atoms with E-state index in [0.29, 0.717) is 0 Å². The number of pyridine rings is 1. The highest BCUT2D eigenvalue weighted by Gasteiger charge is 2.16. The Labute approximate surface area is 92.9 Å². The van der Waals surface area contributed by atoms with Crippen LogP contribution in [-0.4, -0.2) is 4.98 Å². The van der Waals surface area contributed by atoms with E-state index in [1.807, 2.05) is 6.20 Å². The van der Waals surface area contributed by atoms with Gasteiger partial charge in [-0.1, -0.05) is 27.2 Å². The fourth-order valence-electron chi connectivity index (χ4n) is 1.90. The number of aromatic nitrogens is 1. The van der Waals surface area contributed by atoms with Crippen LogP contribution in [0.5, 0.6) is 0 Å². The molecule has 1 heterocycles. The van der Waals surface area contributed by atoms with Gasteiger partial charge in [-0.05, 0) is 42.4 Å². The molecule has 2 nitrogen and oxygen atoms in total. The first-order valence-electron chi connectivity index (χ1n) is 5.91. The number of hydrogen-bond acceptors (Lipinski definition) is 2. The van der Waals surface area contributed by atoms with Crippen molar-refractivity contribution in [2.45, 2.75) is 46.5 Å². The van der Waals surface area contributed by atoms with Gasteiger partial charge in [-0.25, -0.2) is 4.98 Å². The summed E-state index contributed by atoms with van der Waals surface area (Å²) < 4.78 is 0. The number of hydrogen-bond donors (Lipinski definition) is 1. The largest absolute Gasteiger partial charge is 0.383 e. The second-order valence-corrected chi connectivity index (χ2v) is 4.39. The molecule has 1 atom stereocenters. The van der Waals surface area contributed by atoms with Gasteiger partial charge in [0.2, 0.25) is 0 Å². The van der Waals surface area contributed by atoms with Crippen molar-refractivity contribution in [2.24, 2.45) is 5.92 Å². The van der Waals surface area contributed by atoms with E-state index in [9.17, 15) is 0 Å². The third kappa shape index (κ3) is 3.22. The molecule has 1 aromatic heterocycles. The van der Waals surface area contributed by atoms with Crippen molar-refractivity contribution in [1.82, 2.24) is 4.98 Å². The number of nitrogens with zero attached hydrogens (tertiary/aromatic N) is 1. The van der Waals surface area contributed by atoms with E-state index in [2.05, 4.69) is 31.8 Å². The van der Waals surface area contributed by atoms with Gasteiger partial charge in [-0.15, -0.1) is 0 Å². The van der Waals surface area contributed by atoms with Crippen molar-refractivity contribution in [3.63, 3.8) is 0 Å². The van der Waals surface area contributed by atoms with Gasteiger partial charge in [0.15, 0.2) is 0 Å². The van der Waals surface area contributed by atoms with E-state index in [1.165, 1.54) is 30.4 Å². The zero-order valence-electron chi connectivity index (χ0n) is 10.1. The first-order valence-corrected chi connectivity index (χ1v) is 5.91. The third-order valence-corrected chi connectivity index (χ3v) is 2.64. The first-order chi connectivity index (χ1) is 7.19. The smallest absolute Gasteiger partial charge is 0.126 e. The average Bonchev–Trinajstić information content (AvgIpc) is 2.19. The van der Waals surface area contributed by atoms with Crippen LogP contribution >= 0.6 is 0 Å². The summed E-state index contributed by atoms with van der Waals surface area (Å²) in [7, 11) is 0. The molecule has 0 radical (unpaired) electrons. The Hall–Kier alpha value is -1.05. The fraction of sp³-hybridized carbons (Fsp3) is 0.615. The van der Waals surface area contributed by atoms with E-state index in [-0.39, 0.29) is 0 Å². The molecule has 84 valence electrons. The quantitative estimate of drug-likeness (QED) is 0.708. The highest BCUT2D eigenvalue weighted by molar-refractivity contribution is 5.45. The minimum atomic E-state index is 0.736. The predicted molar refractivity (Wildman–Crippen MR) is 65.8 cm³/mol. The van der Waals surface area contributed by atoms with Crippen LogP contribution in [0.3, 0.4) is 0 Å². The first kappa shape index (κ1) is 12.0. The molecule has 15 heavy (non-hydrogen) atoms. The van der Waals surface area contributed by atoms with Crippen LogP contribution in [0.2, 0.25) is 0 Å². The summed E-state index contributed by atoms with van der Waals surface area (Å²) in [6.45, 7) is 6.54. The summed E-state index contributed by atoms with van der Waals surface area (Å²) in [5.41, 5.74) is 8.47. The third-order valence-electron chi connectivity index (χ3n) is 2.64. The second-order valence-electron chi connectivity index (χ2n) is 4.39. The van der Waals surface area contributed by atoms with Crippen molar-refractivity contribution in [3.8, 4) is 0 Å². The van der Waals surface area contributed by atoms with E-state index in [0.717, 1.165) is 18.2 Å². The maximum Gasteiger partial charge on any atom is 0.126 e. The van der Waals surface area contributed by atoms with Gasteiger partial charge >= 0.3 is 0 Å². The number of nitrogens with two attached hydrogens (primary N) is 1. The maximum absolute atomic E-state index is 5.78. The normalized spacial score (nSPS) is 18.7. The lowest BCUT2D eigenvalue weighted by Crippen LogP contribution is -2.13. The lowest BCUT2D eigenvalue weighted by molar-refractivity contribution is 0.501. The van der Waals surface area contributed by atoms with Gasteiger partial charge in [0.1, 0.15) is 5.82 Å². The highest BCUT2D eigenvalue weighted by Crippen LogP contribution is 2.27. The van der Waals surface area contributed by atoms with Gasteiger partial charge in [-0.3, -0.25) is 0 Å². The number of fused-ring (bicyclic) bond motifs is 1. The molecule has 2 heteroatoms. The van der Waals surface area contributed by atoms with Crippen molar-refractivity contribution in [3.05, 3.63) is 23.4 Å². The summed E-state index contributed by atoms with van der Waals surface area (Å²) in [4.78, 5) is 4.10. The fourth-order valence-corrected chi connectivity index (χ4v) is 1.90. The molecule has 0 amide bonds. The Balaban J connectivity index is 0.000000337. The molecule has 0 saturated carbocycles. The van der Waals surface area contributed by atoms with Crippen molar-refractivity contribution >= 4 is 5.82 Å². The summed E-state index contributed by atoms with van der Waals surface area (Å²) in [6.07, 6.45) is 6.59. The van der Waals surface area contributed by atoms with Crippen LogP contribution in [-0.2, 0) is 12.8 Å². The van der Waals surface area contributed by atoms with Crippen molar-refractivity contribution in [2.75, 3.05) is 5.73 Å². The molecule has 2 rings (SSSR count). The van der Waals surface area contributed by atoms with Gasteiger partial charge in [0, 0.05) is 6.20 Å². The molecule has 0 fully saturated rings. The van der Waals surface area contributed by atoms with Crippen LogP contribution in [0.15, 0.2) is 12.3 Å². The van der Waals surface area contributed by atoms with Crippen molar-refractivity contribution < 1.29 is 0 Å². The molecule has 0 aliphatic heterocycles. The summed E-state index contributed by atoms with van der Waals surface area (Å²) in [5.74, 6) is 1.54. The molecule has 0 saturated heterocycles. The zero-order valence-corrected chi connectivity index (χ0v) is 10.1. The Morgan fingerprint density at radius 1 is 1.47 bits per heavy atom. The van der Waals surface area contributed by atoms with E-state index >= 15 is 0 Å². The highest BCUT2D eigenvalue weighted by atomic mass is 14.8. The number of anilines is 1. The van der Waals surface area contributed by atoms with Gasteiger partial charge < -0.3 is 5.73 Å². The minimum absolute atomic E-state index is 0.736. The van der Waals surface area contributed by atoms with E-state index in [4.69, 9.17) is 5.73 Å². The van der Waals surface area contributed by atoms with Crippen LogP contribution in [0.4, 0.5) is 5.82 Å². The SMILES string of the molecule is CCC.C[C@H]1CCc2c(ccnc2N)C1. The maximum atomic E-state index is 5.78. The minimum Gasteiger partial charge on any atom is -0.383 e. The molecule has 1 aliphatic carbocycles. The molecule has 0 spiro atoms.